The van der Waals surface area contributed by atoms with Gasteiger partial charge < -0.3 is 9.80 Å². The van der Waals surface area contributed by atoms with E-state index in [0.29, 0.717) is 5.79 Å². The van der Waals surface area contributed by atoms with Crippen molar-refractivity contribution in [3.05, 3.63) is 42.7 Å². The predicted molar refractivity (Wildman–Crippen MR) is 60.3 cm³/mol. The molecule has 0 saturated carbocycles. The summed E-state index contributed by atoms with van der Waals surface area (Å²) in [5, 5.41) is 1.42. The van der Waals surface area contributed by atoms with Gasteiger partial charge in [0.15, 0.2) is 0 Å². The Balaban J connectivity index is 2.05. The lowest BCUT2D eigenvalue weighted by atomic mass is 10.4. The standard InChI is InChI=1S/C11H14N2Si/c1-12-8-9-13(2)11(12)14-10-6-4-3-5-7-10/h3-9,11H,1-2H3. The fourth-order valence-corrected chi connectivity index (χ4v) is 2.81. The maximum Gasteiger partial charge on any atom is 0.138 e. The molecule has 1 aromatic rings. The zero-order valence-electron chi connectivity index (χ0n) is 8.51. The minimum atomic E-state index is 0.498. The number of nitrogens with zero attached hydrogens (tertiary/aromatic N) is 2. The first kappa shape index (κ1) is 9.34. The molecular weight excluding hydrogens is 188 g/mol. The normalized spacial score (nSPS) is 16.7. The zero-order valence-corrected chi connectivity index (χ0v) is 9.51. The van der Waals surface area contributed by atoms with E-state index < -0.39 is 0 Å². The van der Waals surface area contributed by atoms with Gasteiger partial charge in [0.25, 0.3) is 0 Å². The van der Waals surface area contributed by atoms with Gasteiger partial charge in [-0.1, -0.05) is 35.5 Å². The van der Waals surface area contributed by atoms with E-state index in [2.05, 4.69) is 66.6 Å². The molecule has 14 heavy (non-hydrogen) atoms. The van der Waals surface area contributed by atoms with Crippen molar-refractivity contribution in [2.75, 3.05) is 14.1 Å². The van der Waals surface area contributed by atoms with Crippen molar-refractivity contribution in [3.8, 4) is 0 Å². The van der Waals surface area contributed by atoms with Crippen molar-refractivity contribution in [1.29, 1.82) is 0 Å². The largest absolute Gasteiger partial charge is 0.362 e. The molecule has 0 N–H and O–H groups in total. The van der Waals surface area contributed by atoms with E-state index in [1.807, 2.05) is 0 Å². The molecule has 2 nitrogen and oxygen atoms in total. The number of hydrogen-bond acceptors (Lipinski definition) is 2. The maximum absolute atomic E-state index is 2.26. The summed E-state index contributed by atoms with van der Waals surface area (Å²) in [5.74, 6) is 0.498. The Morgan fingerprint density at radius 1 is 1.00 bits per heavy atom. The lowest BCUT2D eigenvalue weighted by Crippen LogP contribution is -2.44. The van der Waals surface area contributed by atoms with E-state index in [9.17, 15) is 0 Å². The third-order valence-electron chi connectivity index (χ3n) is 2.38. The van der Waals surface area contributed by atoms with Crippen LogP contribution < -0.4 is 5.19 Å². The SMILES string of the molecule is CN1C=CN(C)C1[Si]c1ccccc1. The first-order valence-electron chi connectivity index (χ1n) is 4.71. The molecule has 1 heterocycles. The van der Waals surface area contributed by atoms with Crippen LogP contribution >= 0.6 is 0 Å². The average Bonchev–Trinajstić information content (AvgIpc) is 2.51. The third kappa shape index (κ3) is 1.82. The van der Waals surface area contributed by atoms with Gasteiger partial charge in [-0.25, -0.2) is 0 Å². The quantitative estimate of drug-likeness (QED) is 0.650. The monoisotopic (exact) mass is 202 g/mol. The second kappa shape index (κ2) is 3.88. The summed E-state index contributed by atoms with van der Waals surface area (Å²) in [6, 6.07) is 10.7. The molecule has 1 aliphatic rings. The molecule has 0 atom stereocenters. The van der Waals surface area contributed by atoms with Gasteiger partial charge in [-0.3, -0.25) is 0 Å². The summed E-state index contributed by atoms with van der Waals surface area (Å²) < 4.78 is 0. The summed E-state index contributed by atoms with van der Waals surface area (Å²) in [4.78, 5) is 4.51. The Hall–Kier alpha value is -1.22. The second-order valence-corrected chi connectivity index (χ2v) is 4.90. The van der Waals surface area contributed by atoms with E-state index in [1.165, 1.54) is 5.19 Å². The Labute approximate surface area is 87.7 Å². The van der Waals surface area contributed by atoms with Gasteiger partial charge in [0.1, 0.15) is 9.52 Å². The summed E-state index contributed by atoms with van der Waals surface area (Å²) in [7, 11) is 5.06. The Morgan fingerprint density at radius 3 is 2.14 bits per heavy atom. The number of hydrogen-bond donors (Lipinski definition) is 0. The first-order valence-corrected chi connectivity index (χ1v) is 5.79. The molecule has 0 fully saturated rings. The molecule has 0 saturated heterocycles. The van der Waals surface area contributed by atoms with E-state index in [1.54, 1.807) is 0 Å². The van der Waals surface area contributed by atoms with Crippen LogP contribution in [0.25, 0.3) is 0 Å². The smallest absolute Gasteiger partial charge is 0.138 e. The molecule has 0 aromatic heterocycles. The summed E-state index contributed by atoms with van der Waals surface area (Å²) in [6.45, 7) is 0. The lowest BCUT2D eigenvalue weighted by Gasteiger charge is -2.26. The predicted octanol–water partition coefficient (Wildman–Crippen LogP) is 0.648. The van der Waals surface area contributed by atoms with Crippen molar-refractivity contribution >= 4 is 14.7 Å². The number of rotatable bonds is 2. The molecule has 1 aliphatic heterocycles. The molecule has 0 aliphatic carbocycles. The van der Waals surface area contributed by atoms with Gasteiger partial charge in [0, 0.05) is 26.5 Å². The summed E-state index contributed by atoms with van der Waals surface area (Å²) in [6.07, 6.45) is 4.25. The maximum atomic E-state index is 2.26. The van der Waals surface area contributed by atoms with Crippen LogP contribution in [-0.4, -0.2) is 39.2 Å². The first-order chi connectivity index (χ1) is 6.77. The van der Waals surface area contributed by atoms with Crippen LogP contribution in [0.5, 0.6) is 0 Å². The van der Waals surface area contributed by atoms with Gasteiger partial charge in [-0.05, 0) is 0 Å². The highest BCUT2D eigenvalue weighted by atomic mass is 28.2. The van der Waals surface area contributed by atoms with Gasteiger partial charge in [-0.15, -0.1) is 0 Å². The highest BCUT2D eigenvalue weighted by molar-refractivity contribution is 6.55. The fourth-order valence-electron chi connectivity index (χ4n) is 1.55. The molecule has 0 spiro atoms. The molecule has 0 unspecified atom stereocenters. The topological polar surface area (TPSA) is 6.48 Å². The summed E-state index contributed by atoms with van der Waals surface area (Å²) in [5.41, 5.74) is 0. The van der Waals surface area contributed by atoms with Crippen molar-refractivity contribution in [2.24, 2.45) is 0 Å². The molecule has 2 radical (unpaired) electrons. The highest BCUT2D eigenvalue weighted by Gasteiger charge is 2.21. The van der Waals surface area contributed by atoms with Crippen molar-refractivity contribution in [3.63, 3.8) is 0 Å². The molecule has 0 amide bonds. The van der Waals surface area contributed by atoms with Crippen molar-refractivity contribution < 1.29 is 0 Å². The molecule has 0 bridgehead atoms. The van der Waals surface area contributed by atoms with E-state index in [-0.39, 0.29) is 0 Å². The average molecular weight is 202 g/mol. The van der Waals surface area contributed by atoms with Crippen LogP contribution in [0.3, 0.4) is 0 Å². The van der Waals surface area contributed by atoms with E-state index >= 15 is 0 Å². The summed E-state index contributed by atoms with van der Waals surface area (Å²) >= 11 is 0. The molecule has 2 rings (SSSR count). The van der Waals surface area contributed by atoms with Crippen LogP contribution in [0.2, 0.25) is 0 Å². The fraction of sp³-hybridized carbons (Fsp3) is 0.273. The number of benzene rings is 1. The van der Waals surface area contributed by atoms with Crippen LogP contribution in [0, 0.1) is 0 Å². The van der Waals surface area contributed by atoms with Gasteiger partial charge in [0.2, 0.25) is 0 Å². The highest BCUT2D eigenvalue weighted by Crippen LogP contribution is 2.09. The van der Waals surface area contributed by atoms with Crippen LogP contribution in [0.15, 0.2) is 42.7 Å². The van der Waals surface area contributed by atoms with Gasteiger partial charge in [0.05, 0.1) is 5.79 Å². The molecular formula is C11H14N2Si. The van der Waals surface area contributed by atoms with E-state index in [4.69, 9.17) is 0 Å². The van der Waals surface area contributed by atoms with Crippen LogP contribution in [-0.2, 0) is 0 Å². The Bertz CT molecular complexity index is 311. The second-order valence-electron chi connectivity index (χ2n) is 3.51. The molecule has 1 aromatic carbocycles. The van der Waals surface area contributed by atoms with Crippen LogP contribution in [0.4, 0.5) is 0 Å². The van der Waals surface area contributed by atoms with Gasteiger partial charge in [-0.2, -0.15) is 0 Å². The zero-order chi connectivity index (χ0) is 9.97. The van der Waals surface area contributed by atoms with Gasteiger partial charge >= 0.3 is 0 Å². The van der Waals surface area contributed by atoms with Crippen LogP contribution in [0.1, 0.15) is 0 Å². The Morgan fingerprint density at radius 2 is 1.57 bits per heavy atom. The van der Waals surface area contributed by atoms with E-state index in [0.717, 1.165) is 9.52 Å². The third-order valence-corrected chi connectivity index (χ3v) is 4.12. The minimum absolute atomic E-state index is 0.498. The Kier molecular flexibility index (Phi) is 2.59. The minimum Gasteiger partial charge on any atom is -0.362 e. The van der Waals surface area contributed by atoms with Crippen molar-refractivity contribution in [2.45, 2.75) is 5.79 Å². The molecule has 72 valence electrons. The van der Waals surface area contributed by atoms with Crippen molar-refractivity contribution in [1.82, 2.24) is 9.80 Å². The molecule has 3 heteroatoms. The lowest BCUT2D eigenvalue weighted by molar-refractivity contribution is 0.290.